The average molecular weight is 325 g/mol. The van der Waals surface area contributed by atoms with Gasteiger partial charge in [-0.3, -0.25) is 4.90 Å². The Hall–Kier alpha value is -1.43. The van der Waals surface area contributed by atoms with E-state index in [0.717, 1.165) is 25.3 Å². The van der Waals surface area contributed by atoms with Gasteiger partial charge < -0.3 is 10.3 Å². The van der Waals surface area contributed by atoms with Gasteiger partial charge in [-0.05, 0) is 12.0 Å². The molecule has 2 aromatic rings. The summed E-state index contributed by atoms with van der Waals surface area (Å²) >= 11 is 0. The topological polar surface area (TPSA) is 68.2 Å². The van der Waals surface area contributed by atoms with E-state index in [4.69, 9.17) is 10.3 Å². The van der Waals surface area contributed by atoms with Crippen LogP contribution in [0.5, 0.6) is 0 Å². The molecule has 0 atom stereocenters. The number of aromatic nitrogens is 2. The fourth-order valence-electron chi connectivity index (χ4n) is 2.15. The first kappa shape index (κ1) is 18.6. The second-order valence-electron chi connectivity index (χ2n) is 5.50. The lowest BCUT2D eigenvalue weighted by atomic mass is 10.1. The minimum atomic E-state index is 0. The zero-order valence-corrected chi connectivity index (χ0v) is 14.1. The van der Waals surface area contributed by atoms with Crippen LogP contribution in [0, 0.1) is 0 Å². The van der Waals surface area contributed by atoms with Crippen LogP contribution in [0.15, 0.2) is 34.9 Å². The van der Waals surface area contributed by atoms with Gasteiger partial charge in [0.25, 0.3) is 0 Å². The summed E-state index contributed by atoms with van der Waals surface area (Å²) in [5.41, 5.74) is 7.03. The van der Waals surface area contributed by atoms with Crippen molar-refractivity contribution in [3.8, 4) is 0 Å². The summed E-state index contributed by atoms with van der Waals surface area (Å²) in [6, 6.07) is 10.5. The van der Waals surface area contributed by atoms with Gasteiger partial charge in [-0.2, -0.15) is 4.98 Å². The maximum atomic E-state index is 5.70. The van der Waals surface area contributed by atoms with Gasteiger partial charge in [0.15, 0.2) is 5.82 Å². The molecule has 22 heavy (non-hydrogen) atoms. The number of rotatable bonds is 8. The molecule has 0 unspecified atom stereocenters. The van der Waals surface area contributed by atoms with Crippen LogP contribution in [-0.2, 0) is 13.0 Å². The monoisotopic (exact) mass is 324 g/mol. The lowest BCUT2D eigenvalue weighted by molar-refractivity contribution is 0.263. The van der Waals surface area contributed by atoms with Gasteiger partial charge in [-0.25, -0.2) is 0 Å². The van der Waals surface area contributed by atoms with E-state index in [0.29, 0.717) is 19.0 Å². The van der Waals surface area contributed by atoms with Crippen molar-refractivity contribution >= 4 is 12.4 Å². The Labute approximate surface area is 138 Å². The fourth-order valence-corrected chi connectivity index (χ4v) is 2.15. The van der Waals surface area contributed by atoms with Gasteiger partial charge in [0.1, 0.15) is 0 Å². The van der Waals surface area contributed by atoms with E-state index in [2.05, 4.69) is 39.3 Å². The van der Waals surface area contributed by atoms with E-state index in [1.54, 1.807) is 0 Å². The second kappa shape index (κ2) is 9.56. The normalized spacial score (nSPS) is 11.0. The summed E-state index contributed by atoms with van der Waals surface area (Å²) in [4.78, 5) is 6.69. The number of hydrogen-bond acceptors (Lipinski definition) is 5. The van der Waals surface area contributed by atoms with Gasteiger partial charge in [-0.1, -0.05) is 49.3 Å². The third kappa shape index (κ3) is 5.75. The molecule has 1 heterocycles. The summed E-state index contributed by atoms with van der Waals surface area (Å²) in [5, 5.41) is 4.05. The summed E-state index contributed by atoms with van der Waals surface area (Å²) in [6.07, 6.45) is 0.996. The SMILES string of the molecule is CC(C)c1nc(CN(CCN)CCc2ccccc2)no1.Cl. The molecule has 0 aliphatic rings. The summed E-state index contributed by atoms with van der Waals surface area (Å²) in [7, 11) is 0. The summed E-state index contributed by atoms with van der Waals surface area (Å²) in [6.45, 7) is 7.17. The molecule has 0 saturated carbocycles. The smallest absolute Gasteiger partial charge is 0.229 e. The van der Waals surface area contributed by atoms with E-state index < -0.39 is 0 Å². The van der Waals surface area contributed by atoms with Crippen LogP contribution in [0.2, 0.25) is 0 Å². The van der Waals surface area contributed by atoms with Crippen LogP contribution >= 0.6 is 12.4 Å². The Balaban J connectivity index is 0.00000242. The minimum Gasteiger partial charge on any atom is -0.339 e. The van der Waals surface area contributed by atoms with E-state index in [1.807, 2.05) is 19.9 Å². The highest BCUT2D eigenvalue weighted by Gasteiger charge is 2.13. The molecule has 0 amide bonds. The lowest BCUT2D eigenvalue weighted by Crippen LogP contribution is -2.31. The molecule has 0 spiro atoms. The lowest BCUT2D eigenvalue weighted by Gasteiger charge is -2.19. The quantitative estimate of drug-likeness (QED) is 0.808. The highest BCUT2D eigenvalue weighted by molar-refractivity contribution is 5.85. The van der Waals surface area contributed by atoms with Gasteiger partial charge in [-0.15, -0.1) is 12.4 Å². The first-order valence-electron chi connectivity index (χ1n) is 7.48. The molecular formula is C16H25ClN4O. The van der Waals surface area contributed by atoms with Crippen LogP contribution in [-0.4, -0.2) is 34.7 Å². The molecule has 6 heteroatoms. The van der Waals surface area contributed by atoms with Crippen LogP contribution in [0.25, 0.3) is 0 Å². The molecule has 1 aromatic carbocycles. The number of nitrogens with two attached hydrogens (primary N) is 1. The number of nitrogens with zero attached hydrogens (tertiary/aromatic N) is 3. The highest BCUT2D eigenvalue weighted by Crippen LogP contribution is 2.12. The first-order chi connectivity index (χ1) is 10.2. The molecular weight excluding hydrogens is 300 g/mol. The number of hydrogen-bond donors (Lipinski definition) is 1. The molecule has 0 aliphatic heterocycles. The van der Waals surface area contributed by atoms with E-state index in [-0.39, 0.29) is 18.3 Å². The third-order valence-corrected chi connectivity index (χ3v) is 3.35. The summed E-state index contributed by atoms with van der Waals surface area (Å²) in [5.74, 6) is 1.69. The average Bonchev–Trinajstić information content (AvgIpc) is 2.95. The first-order valence-corrected chi connectivity index (χ1v) is 7.48. The number of halogens is 1. The molecule has 0 saturated heterocycles. The Morgan fingerprint density at radius 1 is 1.18 bits per heavy atom. The largest absolute Gasteiger partial charge is 0.339 e. The third-order valence-electron chi connectivity index (χ3n) is 3.35. The molecule has 0 fully saturated rings. The molecule has 122 valence electrons. The van der Waals surface area contributed by atoms with E-state index >= 15 is 0 Å². The van der Waals surface area contributed by atoms with Crippen molar-refractivity contribution in [2.24, 2.45) is 5.73 Å². The van der Waals surface area contributed by atoms with Crippen molar-refractivity contribution in [1.29, 1.82) is 0 Å². The maximum Gasteiger partial charge on any atom is 0.229 e. The predicted octanol–water partition coefficient (Wildman–Crippen LogP) is 2.62. The molecule has 2 N–H and O–H groups in total. The predicted molar refractivity (Wildman–Crippen MR) is 90.1 cm³/mol. The van der Waals surface area contributed by atoms with Crippen LogP contribution in [0.1, 0.15) is 37.0 Å². The van der Waals surface area contributed by atoms with Crippen molar-refractivity contribution in [2.75, 3.05) is 19.6 Å². The highest BCUT2D eigenvalue weighted by atomic mass is 35.5. The van der Waals surface area contributed by atoms with Gasteiger partial charge in [0, 0.05) is 25.6 Å². The minimum absolute atomic E-state index is 0. The molecule has 5 nitrogen and oxygen atoms in total. The fraction of sp³-hybridized carbons (Fsp3) is 0.500. The summed E-state index contributed by atoms with van der Waals surface area (Å²) < 4.78 is 5.25. The molecule has 0 bridgehead atoms. The van der Waals surface area contributed by atoms with Crippen molar-refractivity contribution < 1.29 is 4.52 Å². The van der Waals surface area contributed by atoms with Crippen molar-refractivity contribution in [2.45, 2.75) is 32.7 Å². The van der Waals surface area contributed by atoms with Crippen molar-refractivity contribution in [3.63, 3.8) is 0 Å². The van der Waals surface area contributed by atoms with Gasteiger partial charge in [0.05, 0.1) is 6.54 Å². The van der Waals surface area contributed by atoms with E-state index in [9.17, 15) is 0 Å². The van der Waals surface area contributed by atoms with Gasteiger partial charge >= 0.3 is 0 Å². The van der Waals surface area contributed by atoms with E-state index in [1.165, 1.54) is 5.56 Å². The molecule has 0 aliphatic carbocycles. The van der Waals surface area contributed by atoms with Crippen LogP contribution < -0.4 is 5.73 Å². The number of benzene rings is 1. The zero-order valence-electron chi connectivity index (χ0n) is 13.2. The van der Waals surface area contributed by atoms with Gasteiger partial charge in [0.2, 0.25) is 5.89 Å². The Morgan fingerprint density at radius 2 is 1.91 bits per heavy atom. The second-order valence-corrected chi connectivity index (χ2v) is 5.50. The van der Waals surface area contributed by atoms with Crippen molar-refractivity contribution in [3.05, 3.63) is 47.6 Å². The standard InChI is InChI=1S/C16H24N4O.ClH/c1-13(2)16-18-15(19-21-16)12-20(11-9-17)10-8-14-6-4-3-5-7-14;/h3-7,13H,8-12,17H2,1-2H3;1H. The maximum absolute atomic E-state index is 5.70. The molecule has 1 aromatic heterocycles. The van der Waals surface area contributed by atoms with Crippen LogP contribution in [0.3, 0.4) is 0 Å². The Kier molecular flexibility index (Phi) is 8.09. The zero-order chi connectivity index (χ0) is 15.1. The molecule has 0 radical (unpaired) electrons. The Morgan fingerprint density at radius 3 is 2.50 bits per heavy atom. The van der Waals surface area contributed by atoms with Crippen LogP contribution in [0.4, 0.5) is 0 Å². The molecule has 2 rings (SSSR count). The Bertz CT molecular complexity index is 530. The van der Waals surface area contributed by atoms with Crippen molar-refractivity contribution in [1.82, 2.24) is 15.0 Å².